The topological polar surface area (TPSA) is 0 Å². The van der Waals surface area contributed by atoms with Crippen molar-refractivity contribution in [3.63, 3.8) is 0 Å². The van der Waals surface area contributed by atoms with Gasteiger partial charge >= 0.3 is 0 Å². The molecule has 7 fully saturated rings. The second kappa shape index (κ2) is 2.13. The zero-order valence-electron chi connectivity index (χ0n) is 10.4. The van der Waals surface area contributed by atoms with Gasteiger partial charge in [-0.15, -0.1) is 23.2 Å². The monoisotopic (exact) mass is 280 g/mol. The van der Waals surface area contributed by atoms with E-state index in [1.54, 1.807) is 19.3 Å². The molecular weight excluding hydrogens is 263 g/mol. The molecule has 0 amide bonds. The fourth-order valence-electron chi connectivity index (χ4n) is 8.46. The van der Waals surface area contributed by atoms with Crippen LogP contribution < -0.4 is 0 Å². The van der Waals surface area contributed by atoms with E-state index < -0.39 is 0 Å². The number of rotatable bonds is 0. The molecule has 0 aromatic rings. The van der Waals surface area contributed by atoms with Gasteiger partial charge in [-0.1, -0.05) is 0 Å². The van der Waals surface area contributed by atoms with Crippen molar-refractivity contribution in [3.05, 3.63) is 0 Å². The number of hydrogen-bond acceptors (Lipinski definition) is 0. The summed E-state index contributed by atoms with van der Waals surface area (Å²) in [6.07, 6.45) is 7.64. The molecule has 0 nitrogen and oxygen atoms in total. The Labute approximate surface area is 118 Å². The van der Waals surface area contributed by atoms with Gasteiger partial charge in [0.2, 0.25) is 0 Å². The van der Waals surface area contributed by atoms with Crippen LogP contribution in [0.5, 0.6) is 0 Å². The van der Waals surface area contributed by atoms with Crippen LogP contribution >= 0.6 is 23.2 Å². The van der Waals surface area contributed by atoms with Gasteiger partial charge in [0.1, 0.15) is 4.33 Å². The molecule has 7 rings (SSSR count). The minimum Gasteiger partial charge on any atom is -0.101 e. The third-order valence-electron chi connectivity index (χ3n) is 8.82. The summed E-state index contributed by atoms with van der Waals surface area (Å²) in [7, 11) is 0. The Hall–Kier alpha value is 0.580. The number of alkyl halides is 2. The molecule has 0 aromatic carbocycles. The van der Waals surface area contributed by atoms with E-state index in [4.69, 9.17) is 23.2 Å². The minimum absolute atomic E-state index is 0.303. The summed E-state index contributed by atoms with van der Waals surface area (Å²) < 4.78 is -0.303. The maximum atomic E-state index is 6.68. The first-order chi connectivity index (χ1) is 8.63. The van der Waals surface area contributed by atoms with Crippen molar-refractivity contribution < 1.29 is 0 Å². The average molecular weight is 281 g/mol. The largest absolute Gasteiger partial charge is 0.125 e. The summed E-state index contributed by atoms with van der Waals surface area (Å²) in [5.74, 6) is 7.95. The third kappa shape index (κ3) is 0.652. The zero-order valence-corrected chi connectivity index (χ0v) is 11.9. The van der Waals surface area contributed by atoms with Gasteiger partial charge in [-0.25, -0.2) is 0 Å². The maximum Gasteiger partial charge on any atom is 0.125 e. The van der Waals surface area contributed by atoms with Crippen LogP contribution in [0.15, 0.2) is 0 Å². The molecule has 0 aliphatic heterocycles. The molecule has 2 bridgehead atoms. The van der Waals surface area contributed by atoms with Crippen molar-refractivity contribution in [2.24, 2.45) is 58.2 Å². The molecule has 0 saturated heterocycles. The SMILES string of the molecule is ClC1(Cl)[C@@H]2[C@@H]3[C@H]4[C@@H]5C[C@@H]5[C@@H]([C@@H]3C3(CC3)[C@H]21)C41CC1. The smallest absolute Gasteiger partial charge is 0.101 e. The highest BCUT2D eigenvalue weighted by atomic mass is 35.5. The van der Waals surface area contributed by atoms with Crippen LogP contribution in [0.2, 0.25) is 0 Å². The molecule has 8 atom stereocenters. The number of fused-ring (bicyclic) bond motifs is 10. The molecule has 0 N–H and O–H groups in total. The zero-order chi connectivity index (χ0) is 11.7. The Morgan fingerprint density at radius 1 is 0.722 bits per heavy atom. The normalized spacial score (nSPS) is 71.0. The van der Waals surface area contributed by atoms with E-state index in [9.17, 15) is 0 Å². The number of halogens is 2. The summed E-state index contributed by atoms with van der Waals surface area (Å²) in [4.78, 5) is 0. The van der Waals surface area contributed by atoms with Crippen LogP contribution in [-0.2, 0) is 0 Å². The molecule has 96 valence electrons. The molecule has 0 radical (unpaired) electrons. The Bertz CT molecular complexity index is 515. The lowest BCUT2D eigenvalue weighted by atomic mass is 9.72. The lowest BCUT2D eigenvalue weighted by Crippen LogP contribution is -2.32. The molecule has 7 saturated carbocycles. The van der Waals surface area contributed by atoms with Gasteiger partial charge in [0.25, 0.3) is 0 Å². The Kier molecular flexibility index (Phi) is 1.13. The van der Waals surface area contributed by atoms with Crippen LogP contribution in [0, 0.1) is 58.2 Å². The van der Waals surface area contributed by atoms with E-state index in [-0.39, 0.29) is 4.33 Å². The summed E-state index contributed by atoms with van der Waals surface area (Å²) in [6.45, 7) is 0. The fraction of sp³-hybridized carbons (Fsp3) is 1.00. The van der Waals surface area contributed by atoms with E-state index in [1.165, 1.54) is 12.8 Å². The van der Waals surface area contributed by atoms with Gasteiger partial charge in [0.05, 0.1) is 0 Å². The lowest BCUT2D eigenvalue weighted by molar-refractivity contribution is 0.146. The first-order valence-corrected chi connectivity index (χ1v) is 8.76. The van der Waals surface area contributed by atoms with Crippen molar-refractivity contribution in [2.45, 2.75) is 36.4 Å². The summed E-state index contributed by atoms with van der Waals surface area (Å²) in [5, 5.41) is 0. The highest BCUT2D eigenvalue weighted by molar-refractivity contribution is 6.51. The second-order valence-corrected chi connectivity index (χ2v) is 10.3. The van der Waals surface area contributed by atoms with Gasteiger partial charge in [-0.2, -0.15) is 0 Å². The molecule has 7 aliphatic rings. The maximum absolute atomic E-state index is 6.68. The molecule has 18 heavy (non-hydrogen) atoms. The summed E-state index contributed by atoms with van der Waals surface area (Å²) >= 11 is 13.4. The van der Waals surface area contributed by atoms with Gasteiger partial charge in [0.15, 0.2) is 0 Å². The summed E-state index contributed by atoms with van der Waals surface area (Å²) in [6, 6.07) is 0. The average Bonchev–Trinajstić information content (AvgIpc) is 3.12. The van der Waals surface area contributed by atoms with E-state index >= 15 is 0 Å². The van der Waals surface area contributed by atoms with Crippen molar-refractivity contribution in [2.75, 3.05) is 0 Å². The van der Waals surface area contributed by atoms with E-state index in [1.807, 2.05) is 0 Å². The van der Waals surface area contributed by atoms with E-state index in [0.717, 1.165) is 40.9 Å². The molecule has 2 spiro atoms. The predicted molar refractivity (Wildman–Crippen MR) is 70.3 cm³/mol. The van der Waals surface area contributed by atoms with E-state index in [0.29, 0.717) is 17.3 Å². The molecule has 7 aliphatic carbocycles. The fourth-order valence-corrected chi connectivity index (χ4v) is 9.58. The molecule has 0 aromatic heterocycles. The van der Waals surface area contributed by atoms with Crippen molar-refractivity contribution in [3.8, 4) is 0 Å². The van der Waals surface area contributed by atoms with Crippen LogP contribution in [0.3, 0.4) is 0 Å². The lowest BCUT2D eigenvalue weighted by Gasteiger charge is -2.34. The standard InChI is InChI=1S/C16H18Cl2/c17-16(18)12-8-9-6-5-7(6)10(14(9)1-2-14)11(8)15(3-4-15)13(12)16/h6-13H,1-5H2/t6-,7+,8-,9-,10+,11-,12-,13+/m1/s1. The number of hydrogen-bond donors (Lipinski definition) is 0. The van der Waals surface area contributed by atoms with Crippen LogP contribution in [0.4, 0.5) is 0 Å². The van der Waals surface area contributed by atoms with Gasteiger partial charge in [-0.3, -0.25) is 0 Å². The molecular formula is C16H18Cl2. The van der Waals surface area contributed by atoms with Gasteiger partial charge < -0.3 is 0 Å². The first-order valence-electron chi connectivity index (χ1n) is 8.01. The Balaban J connectivity index is 1.47. The highest BCUT2D eigenvalue weighted by Crippen LogP contribution is 2.97. The molecule has 0 heterocycles. The van der Waals surface area contributed by atoms with Crippen molar-refractivity contribution in [1.82, 2.24) is 0 Å². The first kappa shape index (κ1) is 9.50. The predicted octanol–water partition coefficient (Wildman–Crippen LogP) is 4.11. The molecule has 0 unspecified atom stereocenters. The second-order valence-electron chi connectivity index (χ2n) is 8.86. The summed E-state index contributed by atoms with van der Waals surface area (Å²) in [5.41, 5.74) is 1.50. The highest BCUT2D eigenvalue weighted by Gasteiger charge is 2.93. The van der Waals surface area contributed by atoms with Crippen molar-refractivity contribution >= 4 is 23.2 Å². The quantitative estimate of drug-likeness (QED) is 0.586. The van der Waals surface area contributed by atoms with Gasteiger partial charge in [0, 0.05) is 11.8 Å². The van der Waals surface area contributed by atoms with Crippen LogP contribution in [0.25, 0.3) is 0 Å². The Morgan fingerprint density at radius 2 is 1.39 bits per heavy atom. The van der Waals surface area contributed by atoms with Crippen LogP contribution in [0.1, 0.15) is 32.1 Å². The third-order valence-corrected chi connectivity index (χ3v) is 9.79. The Morgan fingerprint density at radius 3 is 2.06 bits per heavy atom. The molecule has 2 heteroatoms. The van der Waals surface area contributed by atoms with Crippen molar-refractivity contribution in [1.29, 1.82) is 0 Å². The van der Waals surface area contributed by atoms with E-state index in [2.05, 4.69) is 0 Å². The van der Waals surface area contributed by atoms with Gasteiger partial charge in [-0.05, 0) is 78.4 Å². The minimum atomic E-state index is -0.303. The van der Waals surface area contributed by atoms with Crippen LogP contribution in [-0.4, -0.2) is 4.33 Å².